The van der Waals surface area contributed by atoms with Crippen LogP contribution in [0.5, 0.6) is 0 Å². The number of hydrogen-bond acceptors (Lipinski definition) is 0. The third-order valence-electron chi connectivity index (χ3n) is 3.12. The summed E-state index contributed by atoms with van der Waals surface area (Å²) >= 11 is -0.417. The Hall–Kier alpha value is 0.133. The first-order chi connectivity index (χ1) is 7.35. The van der Waals surface area contributed by atoms with Gasteiger partial charge in [0.15, 0.2) is 0 Å². The topological polar surface area (TPSA) is 0 Å². The summed E-state index contributed by atoms with van der Waals surface area (Å²) in [5.74, 6) is 0. The van der Waals surface area contributed by atoms with Crippen LogP contribution in [0.1, 0.15) is 41.0 Å². The van der Waals surface area contributed by atoms with E-state index in [1.54, 1.807) is 11.1 Å². The quantitative estimate of drug-likeness (QED) is 0.737. The van der Waals surface area contributed by atoms with E-state index < -0.39 is 23.2 Å². The fraction of sp³-hybridized carbons (Fsp3) is 0.429. The van der Waals surface area contributed by atoms with E-state index in [4.69, 9.17) is 0 Å². The molecular formula is C14H19ClZr-2. The van der Waals surface area contributed by atoms with E-state index in [2.05, 4.69) is 38.2 Å². The molecule has 0 saturated heterocycles. The first-order valence-corrected chi connectivity index (χ1v) is 8.35. The van der Waals surface area contributed by atoms with Crippen molar-refractivity contribution in [2.24, 2.45) is 0 Å². The van der Waals surface area contributed by atoms with Crippen molar-refractivity contribution in [3.63, 3.8) is 0 Å². The molecule has 88 valence electrons. The molecular weight excluding hydrogens is 295 g/mol. The number of hydrogen-bond donors (Lipinski definition) is 0. The Kier molecular flexibility index (Phi) is 6.00. The summed E-state index contributed by atoms with van der Waals surface area (Å²) in [6.45, 7) is 4.57. The van der Waals surface area contributed by atoms with Crippen molar-refractivity contribution in [2.75, 3.05) is 0 Å². The average Bonchev–Trinajstić information content (AvgIpc) is 2.87. The fourth-order valence-electron chi connectivity index (χ4n) is 2.21. The summed E-state index contributed by atoms with van der Waals surface area (Å²) in [6, 6.07) is 0. The van der Waals surface area contributed by atoms with Crippen molar-refractivity contribution in [3.8, 4) is 0 Å². The van der Waals surface area contributed by atoms with Gasteiger partial charge in [-0.25, -0.2) is 0 Å². The summed E-state index contributed by atoms with van der Waals surface area (Å²) < 4.78 is 3.65. The van der Waals surface area contributed by atoms with Gasteiger partial charge in [0.2, 0.25) is 0 Å². The minimum absolute atomic E-state index is 0. The van der Waals surface area contributed by atoms with E-state index in [9.17, 15) is 0 Å². The monoisotopic (exact) mass is 312 g/mol. The minimum atomic E-state index is -0.417. The maximum absolute atomic E-state index is 2.35. The van der Waals surface area contributed by atoms with Crippen LogP contribution < -0.4 is 12.4 Å². The van der Waals surface area contributed by atoms with Gasteiger partial charge in [-0.1, -0.05) is 0 Å². The van der Waals surface area contributed by atoms with E-state index in [1.807, 2.05) is 6.56 Å². The molecule has 0 bridgehead atoms. The van der Waals surface area contributed by atoms with E-state index >= 15 is 0 Å². The molecule has 0 heterocycles. The van der Waals surface area contributed by atoms with Crippen molar-refractivity contribution in [3.05, 3.63) is 42.0 Å². The summed E-state index contributed by atoms with van der Waals surface area (Å²) in [7, 11) is 0. The largest absolute Gasteiger partial charge is 1.00 e. The predicted octanol–water partition coefficient (Wildman–Crippen LogP) is 1.43. The van der Waals surface area contributed by atoms with Gasteiger partial charge >= 0.3 is 105 Å². The van der Waals surface area contributed by atoms with Gasteiger partial charge in [0.1, 0.15) is 0 Å². The molecule has 2 rings (SSSR count). The molecule has 0 aliphatic heterocycles. The molecule has 0 radical (unpaired) electrons. The van der Waals surface area contributed by atoms with Crippen LogP contribution in [0.3, 0.4) is 0 Å². The van der Waals surface area contributed by atoms with E-state index in [-0.39, 0.29) is 13.8 Å². The molecule has 0 saturated carbocycles. The molecule has 16 heavy (non-hydrogen) atoms. The minimum Gasteiger partial charge on any atom is -1.00 e. The molecule has 0 unspecified atom stereocenters. The van der Waals surface area contributed by atoms with Crippen LogP contribution in [-0.4, -0.2) is 0 Å². The third kappa shape index (κ3) is 3.08. The summed E-state index contributed by atoms with van der Waals surface area (Å²) in [5.41, 5.74) is 3.30. The van der Waals surface area contributed by atoms with Crippen LogP contribution in [0.25, 0.3) is 0 Å². The van der Waals surface area contributed by atoms with E-state index in [0.29, 0.717) is 0 Å². The van der Waals surface area contributed by atoms with Crippen LogP contribution in [0.2, 0.25) is 0 Å². The maximum Gasteiger partial charge on any atom is -1.00 e. The Morgan fingerprint density at radius 3 is 1.81 bits per heavy atom. The van der Waals surface area contributed by atoms with E-state index in [0.717, 1.165) is 0 Å². The summed E-state index contributed by atoms with van der Waals surface area (Å²) in [5, 5.41) is 0. The van der Waals surface area contributed by atoms with Gasteiger partial charge in [-0.05, 0) is 0 Å². The number of halogens is 1. The molecule has 0 spiro atoms. The van der Waals surface area contributed by atoms with Crippen LogP contribution in [0, 0.1) is 0 Å². The van der Waals surface area contributed by atoms with Gasteiger partial charge in [0.05, 0.1) is 0 Å². The standard InChI is InChI=1S/2C7H9.ClH.Zr.H/c2*1-2-7-5-3-4-6-7;;;/h2*3,5H,2,4H2,1H3;1H;;/q;;;;-1/p-1. The van der Waals surface area contributed by atoms with E-state index in [1.165, 1.54) is 25.7 Å². The average molecular weight is 314 g/mol. The Morgan fingerprint density at radius 2 is 1.44 bits per heavy atom. The van der Waals surface area contributed by atoms with Crippen molar-refractivity contribution >= 4 is 0 Å². The second-order valence-electron chi connectivity index (χ2n) is 4.05. The number of rotatable bonds is 4. The predicted molar refractivity (Wildman–Crippen MR) is 63.3 cm³/mol. The first kappa shape index (κ1) is 14.2. The van der Waals surface area contributed by atoms with Crippen molar-refractivity contribution in [1.82, 2.24) is 0 Å². The van der Waals surface area contributed by atoms with Crippen molar-refractivity contribution < 1.29 is 37.1 Å². The molecule has 2 aliphatic carbocycles. The zero-order chi connectivity index (χ0) is 10.7. The molecule has 0 N–H and O–H groups in total. The Labute approximate surface area is 118 Å². The van der Waals surface area contributed by atoms with Crippen molar-refractivity contribution in [1.29, 1.82) is 0 Å². The van der Waals surface area contributed by atoms with Gasteiger partial charge in [0, 0.05) is 0 Å². The smallest absolute Gasteiger partial charge is 1.00 e. The van der Waals surface area contributed by atoms with Gasteiger partial charge < -0.3 is 13.8 Å². The SMILES string of the molecule is CCC1=[C]([Zr][C]2=C(CC)C=CC2)CC=C1.[Cl-].[H-]. The second-order valence-corrected chi connectivity index (χ2v) is 7.63. The Bertz CT molecular complexity index is 342. The van der Waals surface area contributed by atoms with Crippen molar-refractivity contribution in [2.45, 2.75) is 39.5 Å². The maximum atomic E-state index is 2.35. The third-order valence-corrected chi connectivity index (χ3v) is 7.19. The normalized spacial score (nSPS) is 18.4. The Balaban J connectivity index is 0.00000128. The molecule has 0 aromatic rings. The molecule has 0 fully saturated rings. The molecule has 2 heteroatoms. The molecule has 0 aromatic heterocycles. The van der Waals surface area contributed by atoms with Gasteiger partial charge in [-0.2, -0.15) is 0 Å². The van der Waals surface area contributed by atoms with Gasteiger partial charge in [0.25, 0.3) is 0 Å². The van der Waals surface area contributed by atoms with Gasteiger partial charge in [-0.3, -0.25) is 0 Å². The van der Waals surface area contributed by atoms with Crippen LogP contribution in [0.15, 0.2) is 42.0 Å². The summed E-state index contributed by atoms with van der Waals surface area (Å²) in [6.07, 6.45) is 14.4. The van der Waals surface area contributed by atoms with Gasteiger partial charge in [-0.15, -0.1) is 0 Å². The first-order valence-electron chi connectivity index (χ1n) is 5.89. The number of allylic oxidation sites excluding steroid dienone is 8. The second kappa shape index (κ2) is 6.77. The molecule has 0 amide bonds. The van der Waals surface area contributed by atoms with Crippen LogP contribution in [0.4, 0.5) is 0 Å². The summed E-state index contributed by atoms with van der Waals surface area (Å²) in [4.78, 5) is 0. The molecule has 2 aliphatic rings. The fourth-order valence-corrected chi connectivity index (χ4v) is 6.25. The van der Waals surface area contributed by atoms with Crippen LogP contribution >= 0.6 is 0 Å². The molecule has 0 atom stereocenters. The molecule has 0 nitrogen and oxygen atoms in total. The zero-order valence-electron chi connectivity index (χ0n) is 11.0. The Morgan fingerprint density at radius 1 is 1.00 bits per heavy atom. The van der Waals surface area contributed by atoms with Crippen LogP contribution in [-0.2, 0) is 23.2 Å². The zero-order valence-corrected chi connectivity index (χ0v) is 13.2. The molecule has 0 aromatic carbocycles.